The number of H-pyrrole nitrogens is 2. The summed E-state index contributed by atoms with van der Waals surface area (Å²) in [4.78, 5) is 16.0. The van der Waals surface area contributed by atoms with E-state index in [0.29, 0.717) is 0 Å². The second-order valence-corrected chi connectivity index (χ2v) is 7.17. The predicted octanol–water partition coefficient (Wildman–Crippen LogP) is 5.83. The van der Waals surface area contributed by atoms with Crippen molar-refractivity contribution in [3.05, 3.63) is 108 Å². The normalized spacial score (nSPS) is 13.0. The van der Waals surface area contributed by atoms with Crippen LogP contribution in [0.15, 0.2) is 85.2 Å². The van der Waals surface area contributed by atoms with E-state index < -0.39 is 0 Å². The maximum Gasteiger partial charge on any atom is 0.0659 e. The third kappa shape index (κ3) is 5.50. The SMILES string of the molecule is C1=CC=CNC=C1.C1=Cc2cc3ccc(cc4ccc(cc5nc(cc1n2)C=C5)[nH]4)[nH]3.[Pd]. The Balaban J connectivity index is 0.000000265. The molecule has 3 aliphatic heterocycles. The van der Waals surface area contributed by atoms with Crippen LogP contribution in [0.3, 0.4) is 0 Å². The van der Waals surface area contributed by atoms with Crippen LogP contribution >= 0.6 is 0 Å². The minimum atomic E-state index is 0. The fraction of sp³-hybridized carbons (Fsp3) is 0. The van der Waals surface area contributed by atoms with E-state index in [9.17, 15) is 0 Å². The Morgan fingerprint density at radius 2 is 0.875 bits per heavy atom. The molecule has 0 aromatic carbocycles. The van der Waals surface area contributed by atoms with Gasteiger partial charge >= 0.3 is 0 Å². The van der Waals surface area contributed by atoms with Gasteiger partial charge in [-0.3, -0.25) is 0 Å². The van der Waals surface area contributed by atoms with Crippen LogP contribution < -0.4 is 5.32 Å². The summed E-state index contributed by atoms with van der Waals surface area (Å²) in [6.45, 7) is 0. The Bertz CT molecular complexity index is 1310. The summed E-state index contributed by atoms with van der Waals surface area (Å²) in [5.74, 6) is 0. The van der Waals surface area contributed by atoms with Gasteiger partial charge in [-0.2, -0.15) is 0 Å². The maximum absolute atomic E-state index is 4.62. The number of fused-ring (bicyclic) bond motifs is 8. The van der Waals surface area contributed by atoms with Gasteiger partial charge in [0.05, 0.1) is 22.8 Å². The van der Waals surface area contributed by atoms with Crippen LogP contribution in [-0.2, 0) is 20.4 Å². The molecule has 0 amide bonds. The third-order valence-electron chi connectivity index (χ3n) is 4.76. The molecule has 3 aromatic rings. The van der Waals surface area contributed by atoms with Crippen molar-refractivity contribution in [2.24, 2.45) is 0 Å². The van der Waals surface area contributed by atoms with Crippen molar-refractivity contribution < 1.29 is 20.4 Å². The molecule has 0 fully saturated rings. The quantitative estimate of drug-likeness (QED) is 0.230. The standard InChI is InChI=1S/C20H14N4.C6H7N.Pd/c1-2-14-10-16-5-6-18(23-16)12-20-8-7-19(24-20)11-17-4-3-15(22-17)9-13(1)21-14;1-2-4-6-7-5-3-1;/h1-12,21-22H;1-7H;. The first-order chi connectivity index (χ1) is 15.3. The van der Waals surface area contributed by atoms with Crippen LogP contribution in [-0.4, -0.2) is 19.9 Å². The van der Waals surface area contributed by atoms with E-state index in [4.69, 9.17) is 0 Å². The molecule has 0 radical (unpaired) electrons. The molecule has 3 aliphatic rings. The Labute approximate surface area is 199 Å². The third-order valence-corrected chi connectivity index (χ3v) is 4.76. The van der Waals surface area contributed by atoms with E-state index in [1.54, 1.807) is 0 Å². The summed E-state index contributed by atoms with van der Waals surface area (Å²) in [5, 5.41) is 2.92. The van der Waals surface area contributed by atoms with Gasteiger partial charge in [-0.15, -0.1) is 0 Å². The molecule has 3 N–H and O–H groups in total. The number of nitrogens with zero attached hydrogens (tertiary/aromatic N) is 2. The molecule has 6 heteroatoms. The van der Waals surface area contributed by atoms with Crippen molar-refractivity contribution in [2.45, 2.75) is 0 Å². The second kappa shape index (κ2) is 10.1. The summed E-state index contributed by atoms with van der Waals surface area (Å²) in [6.07, 6.45) is 19.6. The van der Waals surface area contributed by atoms with E-state index in [2.05, 4.69) is 55.6 Å². The maximum atomic E-state index is 4.62. The summed E-state index contributed by atoms with van der Waals surface area (Å²) >= 11 is 0. The average molecular weight is 510 g/mol. The Kier molecular flexibility index (Phi) is 6.76. The molecule has 6 rings (SSSR count). The van der Waals surface area contributed by atoms with Crippen LogP contribution in [0.1, 0.15) is 22.8 Å². The molecule has 0 atom stereocenters. The van der Waals surface area contributed by atoms with E-state index in [0.717, 1.165) is 44.8 Å². The Morgan fingerprint density at radius 3 is 1.34 bits per heavy atom. The molecule has 3 aromatic heterocycles. The van der Waals surface area contributed by atoms with Crippen molar-refractivity contribution in [3.63, 3.8) is 0 Å². The van der Waals surface area contributed by atoms with Gasteiger partial charge in [0, 0.05) is 54.9 Å². The van der Waals surface area contributed by atoms with Crippen molar-refractivity contribution in [1.82, 2.24) is 25.3 Å². The first-order valence-corrected chi connectivity index (χ1v) is 10.1. The molecule has 32 heavy (non-hydrogen) atoms. The summed E-state index contributed by atoms with van der Waals surface area (Å²) < 4.78 is 0. The largest absolute Gasteiger partial charge is 0.368 e. The number of aromatic nitrogens is 4. The van der Waals surface area contributed by atoms with Crippen LogP contribution in [0.2, 0.25) is 0 Å². The van der Waals surface area contributed by atoms with Gasteiger partial charge in [0.1, 0.15) is 0 Å². The molecule has 0 unspecified atom stereocenters. The molecule has 8 bridgehead atoms. The van der Waals surface area contributed by atoms with Crippen LogP contribution in [0.25, 0.3) is 46.4 Å². The summed E-state index contributed by atoms with van der Waals surface area (Å²) in [6, 6.07) is 16.4. The first kappa shape index (κ1) is 21.5. The van der Waals surface area contributed by atoms with Crippen LogP contribution in [0, 0.1) is 0 Å². The Hall–Kier alpha value is -3.72. The number of aromatic amines is 2. The number of rotatable bonds is 0. The smallest absolute Gasteiger partial charge is 0.0659 e. The number of nitrogens with one attached hydrogen (secondary N) is 3. The van der Waals surface area contributed by atoms with Crippen LogP contribution in [0.4, 0.5) is 0 Å². The molecule has 0 spiro atoms. The van der Waals surface area contributed by atoms with E-state index in [1.165, 1.54) is 0 Å². The number of allylic oxidation sites excluding steroid dienone is 4. The van der Waals surface area contributed by atoms with Crippen molar-refractivity contribution in [3.8, 4) is 0 Å². The fourth-order valence-electron chi connectivity index (χ4n) is 3.35. The average Bonchev–Trinajstić information content (AvgIpc) is 3.53. The van der Waals surface area contributed by atoms with Gasteiger partial charge in [-0.05, 0) is 85.0 Å². The van der Waals surface area contributed by atoms with Crippen molar-refractivity contribution in [1.29, 1.82) is 0 Å². The van der Waals surface area contributed by atoms with Gasteiger partial charge in [-0.1, -0.05) is 12.2 Å². The van der Waals surface area contributed by atoms with Gasteiger partial charge < -0.3 is 15.3 Å². The molecular weight excluding hydrogens is 489 g/mol. The van der Waals surface area contributed by atoms with E-state index >= 15 is 0 Å². The van der Waals surface area contributed by atoms with Gasteiger partial charge in [0.25, 0.3) is 0 Å². The van der Waals surface area contributed by atoms with E-state index in [-0.39, 0.29) is 20.4 Å². The first-order valence-electron chi connectivity index (χ1n) is 10.1. The van der Waals surface area contributed by atoms with Gasteiger partial charge in [0.2, 0.25) is 0 Å². The minimum absolute atomic E-state index is 0. The molecule has 0 aliphatic carbocycles. The fourth-order valence-corrected chi connectivity index (χ4v) is 3.35. The topological polar surface area (TPSA) is 69.4 Å². The Morgan fingerprint density at radius 1 is 0.469 bits per heavy atom. The summed E-state index contributed by atoms with van der Waals surface area (Å²) in [5.41, 5.74) is 7.86. The van der Waals surface area contributed by atoms with Gasteiger partial charge in [-0.25, -0.2) is 9.97 Å². The second-order valence-electron chi connectivity index (χ2n) is 7.17. The number of hydrogen-bond donors (Lipinski definition) is 3. The molecule has 160 valence electrons. The van der Waals surface area contributed by atoms with Crippen molar-refractivity contribution >= 4 is 46.4 Å². The van der Waals surface area contributed by atoms with Crippen molar-refractivity contribution in [2.75, 3.05) is 0 Å². The monoisotopic (exact) mass is 509 g/mol. The zero-order valence-corrected chi connectivity index (χ0v) is 18.7. The zero-order chi connectivity index (χ0) is 20.9. The molecule has 5 nitrogen and oxygen atoms in total. The molecular formula is C26H21N5Pd. The molecule has 0 saturated carbocycles. The van der Waals surface area contributed by atoms with Gasteiger partial charge in [0.15, 0.2) is 0 Å². The molecule has 6 heterocycles. The zero-order valence-electron chi connectivity index (χ0n) is 17.1. The molecule has 0 saturated heterocycles. The van der Waals surface area contributed by atoms with E-state index in [1.807, 2.05) is 79.2 Å². The summed E-state index contributed by atoms with van der Waals surface area (Å²) in [7, 11) is 0. The van der Waals surface area contributed by atoms with Crippen LogP contribution in [0.5, 0.6) is 0 Å². The number of hydrogen-bond acceptors (Lipinski definition) is 3. The predicted molar refractivity (Wildman–Crippen MR) is 129 cm³/mol. The minimum Gasteiger partial charge on any atom is -0.368 e.